The molecule has 2 aromatic heterocycles. The number of anilines is 1. The molecule has 0 bridgehead atoms. The van der Waals surface area contributed by atoms with E-state index in [9.17, 15) is 4.79 Å². The highest BCUT2D eigenvalue weighted by molar-refractivity contribution is 6.34. The van der Waals surface area contributed by atoms with Crippen molar-refractivity contribution in [3.63, 3.8) is 0 Å². The van der Waals surface area contributed by atoms with Gasteiger partial charge in [-0.2, -0.15) is 0 Å². The number of piperidine rings is 1. The van der Waals surface area contributed by atoms with Crippen LogP contribution in [0, 0.1) is 0 Å². The summed E-state index contributed by atoms with van der Waals surface area (Å²) in [6, 6.07) is 9.38. The fourth-order valence-corrected chi connectivity index (χ4v) is 4.01. The molecule has 1 amide bonds. The minimum Gasteiger partial charge on any atom is -0.371 e. The van der Waals surface area contributed by atoms with Crippen molar-refractivity contribution in [2.75, 3.05) is 18.0 Å². The summed E-state index contributed by atoms with van der Waals surface area (Å²) in [7, 11) is 0. The number of benzene rings is 1. The van der Waals surface area contributed by atoms with Gasteiger partial charge in [-0.3, -0.25) is 9.78 Å². The van der Waals surface area contributed by atoms with E-state index >= 15 is 0 Å². The lowest BCUT2D eigenvalue weighted by Gasteiger charge is -2.34. The number of amides is 1. The summed E-state index contributed by atoms with van der Waals surface area (Å²) in [6.45, 7) is 1.66. The van der Waals surface area contributed by atoms with Crippen LogP contribution in [-0.4, -0.2) is 35.0 Å². The quantitative estimate of drug-likeness (QED) is 0.589. The van der Waals surface area contributed by atoms with Crippen molar-refractivity contribution in [1.29, 1.82) is 0 Å². The van der Waals surface area contributed by atoms with Gasteiger partial charge in [-0.05, 0) is 43.2 Å². The Labute approximate surface area is 177 Å². The molecule has 0 atom stereocenters. The minimum atomic E-state index is -0.248. The molecule has 8 heteroatoms. The summed E-state index contributed by atoms with van der Waals surface area (Å²) >= 11 is 18.0. The van der Waals surface area contributed by atoms with Crippen LogP contribution in [0.2, 0.25) is 15.2 Å². The van der Waals surface area contributed by atoms with Crippen molar-refractivity contribution in [1.82, 2.24) is 15.3 Å². The first-order valence-corrected chi connectivity index (χ1v) is 10.1. The molecule has 1 aliphatic heterocycles. The maximum atomic E-state index is 12.5. The van der Waals surface area contributed by atoms with Gasteiger partial charge in [0.05, 0.1) is 16.1 Å². The predicted molar refractivity (Wildman–Crippen MR) is 114 cm³/mol. The molecule has 1 aromatic carbocycles. The van der Waals surface area contributed by atoms with Crippen LogP contribution in [0.5, 0.6) is 0 Å². The SMILES string of the molecule is O=C(NC1CCN(c2ccnc3cc(Cl)ccc23)CC1)c1cc(Cl)cnc1Cl. The Morgan fingerprint density at radius 3 is 2.61 bits per heavy atom. The van der Waals surface area contributed by atoms with Gasteiger partial charge in [0, 0.05) is 47.6 Å². The number of carbonyl (C=O) groups excluding carboxylic acids is 1. The average molecular weight is 436 g/mol. The van der Waals surface area contributed by atoms with Crippen LogP contribution in [0.3, 0.4) is 0 Å². The van der Waals surface area contributed by atoms with Gasteiger partial charge >= 0.3 is 0 Å². The number of nitrogens with zero attached hydrogens (tertiary/aromatic N) is 3. The molecule has 3 heterocycles. The molecule has 0 aliphatic carbocycles. The van der Waals surface area contributed by atoms with Crippen LogP contribution in [-0.2, 0) is 0 Å². The molecule has 5 nitrogen and oxygen atoms in total. The van der Waals surface area contributed by atoms with E-state index in [0.29, 0.717) is 15.6 Å². The van der Waals surface area contributed by atoms with Gasteiger partial charge < -0.3 is 10.2 Å². The highest BCUT2D eigenvalue weighted by atomic mass is 35.5. The standard InChI is InChI=1S/C20H17Cl3N4O/c21-12-1-2-15-17(10-12)24-6-3-18(15)27-7-4-14(5-8-27)26-20(28)16-9-13(22)11-25-19(16)23/h1-3,6,9-11,14H,4-5,7-8H2,(H,26,28). The molecule has 1 N–H and O–H groups in total. The van der Waals surface area contributed by atoms with Gasteiger partial charge in [-0.15, -0.1) is 0 Å². The lowest BCUT2D eigenvalue weighted by atomic mass is 10.0. The van der Waals surface area contributed by atoms with Crippen LogP contribution >= 0.6 is 34.8 Å². The minimum absolute atomic E-state index is 0.0707. The Hall–Kier alpha value is -2.08. The molecular formula is C20H17Cl3N4O. The number of halogens is 3. The predicted octanol–water partition coefficient (Wildman–Crippen LogP) is 4.99. The summed E-state index contributed by atoms with van der Waals surface area (Å²) in [6.07, 6.45) is 4.88. The summed E-state index contributed by atoms with van der Waals surface area (Å²) in [5, 5.41) is 5.33. The number of nitrogens with one attached hydrogen (secondary N) is 1. The number of carbonyl (C=O) groups is 1. The fraction of sp³-hybridized carbons (Fsp3) is 0.250. The van der Waals surface area contributed by atoms with Gasteiger partial charge in [0.2, 0.25) is 0 Å². The number of fused-ring (bicyclic) bond motifs is 1. The summed E-state index contributed by atoms with van der Waals surface area (Å²) in [5.41, 5.74) is 2.31. The van der Waals surface area contributed by atoms with Crippen LogP contribution in [0.25, 0.3) is 10.9 Å². The molecule has 28 heavy (non-hydrogen) atoms. The smallest absolute Gasteiger partial charge is 0.254 e. The monoisotopic (exact) mass is 434 g/mol. The van der Waals surface area contributed by atoms with Gasteiger partial charge in [-0.25, -0.2) is 4.98 Å². The Balaban J connectivity index is 1.44. The largest absolute Gasteiger partial charge is 0.371 e. The van der Waals surface area contributed by atoms with E-state index in [1.807, 2.05) is 24.3 Å². The van der Waals surface area contributed by atoms with Crippen molar-refractivity contribution >= 4 is 57.3 Å². The van der Waals surface area contributed by atoms with Crippen LogP contribution in [0.1, 0.15) is 23.2 Å². The van der Waals surface area contributed by atoms with E-state index in [0.717, 1.165) is 42.5 Å². The Kier molecular flexibility index (Phi) is 5.58. The first-order chi connectivity index (χ1) is 13.5. The maximum Gasteiger partial charge on any atom is 0.254 e. The molecule has 3 aromatic rings. The first-order valence-electron chi connectivity index (χ1n) is 8.92. The third-order valence-electron chi connectivity index (χ3n) is 4.90. The molecule has 1 saturated heterocycles. The number of hydrogen-bond acceptors (Lipinski definition) is 4. The van der Waals surface area contributed by atoms with Crippen molar-refractivity contribution < 1.29 is 4.79 Å². The third-order valence-corrected chi connectivity index (χ3v) is 5.65. The second-order valence-corrected chi connectivity index (χ2v) is 7.95. The lowest BCUT2D eigenvalue weighted by Crippen LogP contribution is -2.44. The zero-order valence-electron chi connectivity index (χ0n) is 14.8. The topological polar surface area (TPSA) is 58.1 Å². The first kappa shape index (κ1) is 19.2. The third kappa shape index (κ3) is 4.02. The zero-order chi connectivity index (χ0) is 19.7. The number of hydrogen-bond donors (Lipinski definition) is 1. The van der Waals surface area contributed by atoms with Gasteiger partial charge in [0.25, 0.3) is 5.91 Å². The molecular weight excluding hydrogens is 419 g/mol. The molecule has 1 aliphatic rings. The van der Waals surface area contributed by atoms with E-state index in [-0.39, 0.29) is 17.1 Å². The van der Waals surface area contributed by atoms with Gasteiger partial charge in [0.1, 0.15) is 5.15 Å². The summed E-state index contributed by atoms with van der Waals surface area (Å²) < 4.78 is 0. The summed E-state index contributed by atoms with van der Waals surface area (Å²) in [4.78, 5) is 23.2. The van der Waals surface area contributed by atoms with Crippen molar-refractivity contribution in [3.05, 3.63) is 63.5 Å². The molecule has 0 spiro atoms. The Morgan fingerprint density at radius 1 is 1.04 bits per heavy atom. The molecule has 0 radical (unpaired) electrons. The maximum absolute atomic E-state index is 12.5. The normalized spacial score (nSPS) is 15.0. The zero-order valence-corrected chi connectivity index (χ0v) is 17.1. The molecule has 0 saturated carbocycles. The van der Waals surface area contributed by atoms with E-state index in [1.54, 1.807) is 6.20 Å². The fourth-order valence-electron chi connectivity index (χ4n) is 3.49. The van der Waals surface area contributed by atoms with E-state index in [1.165, 1.54) is 12.3 Å². The highest BCUT2D eigenvalue weighted by Crippen LogP contribution is 2.29. The summed E-state index contributed by atoms with van der Waals surface area (Å²) in [5.74, 6) is -0.248. The van der Waals surface area contributed by atoms with Crippen molar-refractivity contribution in [2.45, 2.75) is 18.9 Å². The molecule has 144 valence electrons. The number of rotatable bonds is 3. The van der Waals surface area contributed by atoms with Gasteiger partial charge in [0.15, 0.2) is 0 Å². The van der Waals surface area contributed by atoms with Crippen LogP contribution in [0.4, 0.5) is 5.69 Å². The highest BCUT2D eigenvalue weighted by Gasteiger charge is 2.23. The lowest BCUT2D eigenvalue weighted by molar-refractivity contribution is 0.0931. The van der Waals surface area contributed by atoms with Crippen LogP contribution in [0.15, 0.2) is 42.7 Å². The Morgan fingerprint density at radius 2 is 1.82 bits per heavy atom. The molecule has 0 unspecified atom stereocenters. The van der Waals surface area contributed by atoms with E-state index in [2.05, 4.69) is 20.2 Å². The Bertz CT molecular complexity index is 1040. The molecule has 4 rings (SSSR count). The van der Waals surface area contributed by atoms with Crippen molar-refractivity contribution in [2.24, 2.45) is 0 Å². The second kappa shape index (κ2) is 8.11. The van der Waals surface area contributed by atoms with Crippen molar-refractivity contribution in [3.8, 4) is 0 Å². The van der Waals surface area contributed by atoms with Gasteiger partial charge in [-0.1, -0.05) is 34.8 Å². The number of pyridine rings is 2. The number of aromatic nitrogens is 2. The second-order valence-electron chi connectivity index (χ2n) is 6.72. The van der Waals surface area contributed by atoms with E-state index in [4.69, 9.17) is 34.8 Å². The molecule has 1 fully saturated rings. The average Bonchev–Trinajstić information content (AvgIpc) is 2.69. The van der Waals surface area contributed by atoms with E-state index < -0.39 is 0 Å². The van der Waals surface area contributed by atoms with Crippen LogP contribution < -0.4 is 10.2 Å².